The standard InChI is InChI=1S/C16H20N4O3S/c1-20(24(2,21)22)8-7-17-16-13-9-12-5-3-4-6-15(12)23-10-14(13)18-11-19-16/h3-6,11H,7-10H2,1-2H3,(H,17,18,19). The van der Waals surface area contributed by atoms with Gasteiger partial charge in [0.25, 0.3) is 0 Å². The summed E-state index contributed by atoms with van der Waals surface area (Å²) in [5.41, 5.74) is 2.92. The monoisotopic (exact) mass is 348 g/mol. The zero-order valence-electron chi connectivity index (χ0n) is 13.7. The highest BCUT2D eigenvalue weighted by atomic mass is 32.2. The van der Waals surface area contributed by atoms with E-state index < -0.39 is 10.0 Å². The molecule has 0 fully saturated rings. The summed E-state index contributed by atoms with van der Waals surface area (Å²) in [6.45, 7) is 1.23. The van der Waals surface area contributed by atoms with Crippen molar-refractivity contribution in [1.82, 2.24) is 14.3 Å². The normalized spacial score (nSPS) is 13.6. The number of para-hydroxylation sites is 1. The summed E-state index contributed by atoms with van der Waals surface area (Å²) >= 11 is 0. The third kappa shape index (κ3) is 3.65. The number of rotatable bonds is 5. The van der Waals surface area contributed by atoms with Gasteiger partial charge in [-0.05, 0) is 11.6 Å². The Morgan fingerprint density at radius 2 is 2.08 bits per heavy atom. The molecule has 0 radical (unpaired) electrons. The van der Waals surface area contributed by atoms with Crippen LogP contribution in [0.1, 0.15) is 16.8 Å². The Labute approximate surface area is 141 Å². The Kier molecular flexibility index (Phi) is 4.68. The minimum atomic E-state index is -3.18. The molecule has 1 aromatic heterocycles. The first-order chi connectivity index (χ1) is 11.4. The zero-order chi connectivity index (χ0) is 17.2. The minimum Gasteiger partial charge on any atom is -0.487 e. The van der Waals surface area contributed by atoms with Crippen LogP contribution in [0.3, 0.4) is 0 Å². The molecule has 0 aliphatic carbocycles. The van der Waals surface area contributed by atoms with Gasteiger partial charge in [0.2, 0.25) is 10.0 Å². The van der Waals surface area contributed by atoms with Crippen molar-refractivity contribution in [2.75, 3.05) is 31.7 Å². The van der Waals surface area contributed by atoms with Crippen molar-refractivity contribution >= 4 is 15.8 Å². The molecular formula is C16H20N4O3S. The van der Waals surface area contributed by atoms with Crippen LogP contribution in [0.2, 0.25) is 0 Å². The van der Waals surface area contributed by atoms with Gasteiger partial charge in [0.1, 0.15) is 24.5 Å². The van der Waals surface area contributed by atoms with E-state index in [1.54, 1.807) is 7.05 Å². The number of sulfonamides is 1. The van der Waals surface area contributed by atoms with Crippen molar-refractivity contribution in [2.45, 2.75) is 13.0 Å². The molecule has 0 saturated heterocycles. The Morgan fingerprint density at radius 1 is 1.29 bits per heavy atom. The SMILES string of the molecule is CN(CCNc1ncnc2c1Cc1ccccc1OC2)S(C)(=O)=O. The highest BCUT2D eigenvalue weighted by Gasteiger charge is 2.19. The molecule has 24 heavy (non-hydrogen) atoms. The summed E-state index contributed by atoms with van der Waals surface area (Å²) in [5.74, 6) is 1.58. The number of ether oxygens (including phenoxy) is 1. The molecular weight excluding hydrogens is 328 g/mol. The molecule has 1 N–H and O–H groups in total. The fraction of sp³-hybridized carbons (Fsp3) is 0.375. The van der Waals surface area contributed by atoms with Crippen molar-refractivity contribution in [3.8, 4) is 5.75 Å². The highest BCUT2D eigenvalue weighted by molar-refractivity contribution is 7.88. The number of nitrogens with one attached hydrogen (secondary N) is 1. The number of likely N-dealkylation sites (N-methyl/N-ethyl adjacent to an activating group) is 1. The van der Waals surface area contributed by atoms with Crippen LogP contribution < -0.4 is 10.1 Å². The maximum absolute atomic E-state index is 11.4. The molecule has 0 unspecified atom stereocenters. The van der Waals surface area contributed by atoms with E-state index in [0.29, 0.717) is 26.1 Å². The van der Waals surface area contributed by atoms with Gasteiger partial charge in [0, 0.05) is 32.1 Å². The number of anilines is 1. The van der Waals surface area contributed by atoms with Crippen LogP contribution in [0.25, 0.3) is 0 Å². The van der Waals surface area contributed by atoms with Crippen LogP contribution in [-0.4, -0.2) is 49.1 Å². The van der Waals surface area contributed by atoms with Crippen LogP contribution in [0.4, 0.5) is 5.82 Å². The smallest absolute Gasteiger partial charge is 0.211 e. The lowest BCUT2D eigenvalue weighted by Crippen LogP contribution is -2.30. The van der Waals surface area contributed by atoms with Gasteiger partial charge in [-0.2, -0.15) is 0 Å². The number of aromatic nitrogens is 2. The first kappa shape index (κ1) is 16.7. The second-order valence-electron chi connectivity index (χ2n) is 5.73. The van der Waals surface area contributed by atoms with Gasteiger partial charge < -0.3 is 10.1 Å². The molecule has 0 amide bonds. The predicted molar refractivity (Wildman–Crippen MR) is 91.6 cm³/mol. The van der Waals surface area contributed by atoms with Gasteiger partial charge in [-0.1, -0.05) is 18.2 Å². The van der Waals surface area contributed by atoms with E-state index in [1.807, 2.05) is 24.3 Å². The van der Waals surface area contributed by atoms with Crippen molar-refractivity contribution in [2.24, 2.45) is 0 Å². The minimum absolute atomic E-state index is 0.366. The Morgan fingerprint density at radius 3 is 2.88 bits per heavy atom. The van der Waals surface area contributed by atoms with Crippen LogP contribution in [-0.2, 0) is 23.1 Å². The number of hydrogen-bond donors (Lipinski definition) is 1. The van der Waals surface area contributed by atoms with Gasteiger partial charge in [0.05, 0.1) is 11.9 Å². The summed E-state index contributed by atoms with van der Waals surface area (Å²) in [4.78, 5) is 8.64. The van der Waals surface area contributed by atoms with E-state index >= 15 is 0 Å². The summed E-state index contributed by atoms with van der Waals surface area (Å²) in [7, 11) is -1.62. The number of benzene rings is 1. The molecule has 2 heterocycles. The first-order valence-electron chi connectivity index (χ1n) is 7.64. The quantitative estimate of drug-likeness (QED) is 0.876. The van der Waals surface area contributed by atoms with Gasteiger partial charge >= 0.3 is 0 Å². The Bertz CT molecular complexity index is 839. The van der Waals surface area contributed by atoms with Crippen molar-refractivity contribution in [3.05, 3.63) is 47.4 Å². The highest BCUT2D eigenvalue weighted by Crippen LogP contribution is 2.29. The van der Waals surface area contributed by atoms with Crippen molar-refractivity contribution in [3.63, 3.8) is 0 Å². The maximum atomic E-state index is 11.4. The molecule has 0 atom stereocenters. The molecule has 1 aliphatic rings. The lowest BCUT2D eigenvalue weighted by Gasteiger charge is -2.16. The molecule has 3 rings (SSSR count). The molecule has 0 bridgehead atoms. The molecule has 8 heteroatoms. The summed E-state index contributed by atoms with van der Waals surface area (Å²) < 4.78 is 30.0. The van der Waals surface area contributed by atoms with Crippen LogP contribution in [0.5, 0.6) is 5.75 Å². The number of hydrogen-bond acceptors (Lipinski definition) is 6. The molecule has 128 valence electrons. The molecule has 7 nitrogen and oxygen atoms in total. The largest absolute Gasteiger partial charge is 0.487 e. The summed E-state index contributed by atoms with van der Waals surface area (Å²) in [6, 6.07) is 7.90. The summed E-state index contributed by atoms with van der Waals surface area (Å²) in [6.07, 6.45) is 3.37. The van der Waals surface area contributed by atoms with Gasteiger partial charge in [-0.25, -0.2) is 22.7 Å². The summed E-state index contributed by atoms with van der Waals surface area (Å²) in [5, 5.41) is 3.22. The molecule has 1 aromatic carbocycles. The van der Waals surface area contributed by atoms with Crippen molar-refractivity contribution in [1.29, 1.82) is 0 Å². The molecule has 1 aliphatic heterocycles. The second-order valence-corrected chi connectivity index (χ2v) is 7.82. The van der Waals surface area contributed by atoms with Crippen LogP contribution in [0, 0.1) is 0 Å². The van der Waals surface area contributed by atoms with E-state index in [-0.39, 0.29) is 0 Å². The molecule has 2 aromatic rings. The lowest BCUT2D eigenvalue weighted by atomic mass is 10.0. The van der Waals surface area contributed by atoms with Crippen molar-refractivity contribution < 1.29 is 13.2 Å². The Balaban J connectivity index is 1.77. The average molecular weight is 348 g/mol. The van der Waals surface area contributed by atoms with Gasteiger partial charge in [-0.3, -0.25) is 0 Å². The van der Waals surface area contributed by atoms with E-state index in [9.17, 15) is 8.42 Å². The van der Waals surface area contributed by atoms with E-state index in [1.165, 1.54) is 16.9 Å². The third-order valence-corrected chi connectivity index (χ3v) is 5.34. The van der Waals surface area contributed by atoms with Crippen LogP contribution in [0.15, 0.2) is 30.6 Å². The fourth-order valence-electron chi connectivity index (χ4n) is 2.54. The number of fused-ring (bicyclic) bond motifs is 2. The van der Waals surface area contributed by atoms with Gasteiger partial charge in [0.15, 0.2) is 0 Å². The van der Waals surface area contributed by atoms with E-state index in [2.05, 4.69) is 15.3 Å². The number of nitrogens with zero attached hydrogens (tertiary/aromatic N) is 3. The predicted octanol–water partition coefficient (Wildman–Crippen LogP) is 1.26. The van der Waals surface area contributed by atoms with E-state index in [0.717, 1.165) is 28.4 Å². The topological polar surface area (TPSA) is 84.4 Å². The third-order valence-electron chi connectivity index (χ3n) is 4.02. The fourth-order valence-corrected chi connectivity index (χ4v) is 2.96. The molecule has 0 spiro atoms. The second kappa shape index (κ2) is 6.74. The zero-order valence-corrected chi connectivity index (χ0v) is 14.5. The van der Waals surface area contributed by atoms with Crippen LogP contribution >= 0.6 is 0 Å². The van der Waals surface area contributed by atoms with E-state index in [4.69, 9.17) is 4.74 Å². The maximum Gasteiger partial charge on any atom is 0.211 e. The van der Waals surface area contributed by atoms with Gasteiger partial charge in [-0.15, -0.1) is 0 Å². The lowest BCUT2D eigenvalue weighted by molar-refractivity contribution is 0.302. The Hall–Kier alpha value is -2.19. The molecule has 0 saturated carbocycles. The average Bonchev–Trinajstić information content (AvgIpc) is 2.74. The first-order valence-corrected chi connectivity index (χ1v) is 9.48.